The van der Waals surface area contributed by atoms with E-state index in [2.05, 4.69) is 9.97 Å². The standard InChI is InChI=1S/C10H14N4O/c15-9-14(10-8-11-4-5-12-10)13-6-2-1-3-7-13/h4-5,8-9H,1-3,6-7H2. The number of hydrazine groups is 1. The summed E-state index contributed by atoms with van der Waals surface area (Å²) < 4.78 is 0. The maximum absolute atomic E-state index is 11.0. The summed E-state index contributed by atoms with van der Waals surface area (Å²) in [6, 6.07) is 0. The molecule has 0 bridgehead atoms. The molecule has 1 aliphatic rings. The molecule has 1 saturated heterocycles. The van der Waals surface area contributed by atoms with E-state index in [-0.39, 0.29) is 0 Å². The van der Waals surface area contributed by atoms with Crippen LogP contribution in [-0.4, -0.2) is 34.5 Å². The van der Waals surface area contributed by atoms with E-state index in [1.165, 1.54) is 6.42 Å². The number of amides is 1. The minimum Gasteiger partial charge on any atom is -0.277 e. The normalized spacial score (nSPS) is 17.3. The second-order valence-corrected chi connectivity index (χ2v) is 3.53. The van der Waals surface area contributed by atoms with Crippen LogP contribution in [0, 0.1) is 0 Å². The summed E-state index contributed by atoms with van der Waals surface area (Å²) in [5.74, 6) is 0.592. The van der Waals surface area contributed by atoms with Gasteiger partial charge in [-0.25, -0.2) is 15.0 Å². The van der Waals surface area contributed by atoms with Crippen LogP contribution in [-0.2, 0) is 4.79 Å². The molecule has 0 aromatic carbocycles. The molecule has 1 aliphatic heterocycles. The predicted octanol–water partition coefficient (Wildman–Crippen LogP) is 0.840. The first-order chi connectivity index (χ1) is 7.42. The van der Waals surface area contributed by atoms with Crippen molar-refractivity contribution in [2.24, 2.45) is 0 Å². The number of hydrogen-bond donors (Lipinski definition) is 0. The minimum atomic E-state index is 0.592. The van der Waals surface area contributed by atoms with Gasteiger partial charge in [-0.05, 0) is 12.8 Å². The van der Waals surface area contributed by atoms with E-state index in [4.69, 9.17) is 0 Å². The zero-order valence-electron chi connectivity index (χ0n) is 8.54. The van der Waals surface area contributed by atoms with Crippen LogP contribution in [0.2, 0.25) is 0 Å². The van der Waals surface area contributed by atoms with Gasteiger partial charge >= 0.3 is 0 Å². The molecule has 1 fully saturated rings. The monoisotopic (exact) mass is 206 g/mol. The smallest absolute Gasteiger partial charge is 0.230 e. The fourth-order valence-corrected chi connectivity index (χ4v) is 1.77. The molecule has 1 aromatic heterocycles. The van der Waals surface area contributed by atoms with Gasteiger partial charge in [0, 0.05) is 25.5 Å². The third kappa shape index (κ3) is 2.30. The third-order valence-corrected chi connectivity index (χ3v) is 2.52. The maximum atomic E-state index is 11.0. The average Bonchev–Trinajstić information content (AvgIpc) is 2.33. The molecule has 1 amide bonds. The molecule has 80 valence electrons. The molecule has 0 spiro atoms. The van der Waals surface area contributed by atoms with E-state index in [0.29, 0.717) is 5.82 Å². The highest BCUT2D eigenvalue weighted by molar-refractivity contribution is 5.70. The molecule has 0 radical (unpaired) electrons. The SMILES string of the molecule is O=CN(c1cnccn1)N1CCCCC1. The van der Waals surface area contributed by atoms with Gasteiger partial charge in [0.25, 0.3) is 0 Å². The Labute approximate surface area is 88.7 Å². The third-order valence-electron chi connectivity index (χ3n) is 2.52. The second-order valence-electron chi connectivity index (χ2n) is 3.53. The van der Waals surface area contributed by atoms with Crippen molar-refractivity contribution in [2.75, 3.05) is 18.1 Å². The quantitative estimate of drug-likeness (QED) is 0.688. The number of carbonyl (C=O) groups excluding carboxylic acids is 1. The molecular weight excluding hydrogens is 192 g/mol. The Morgan fingerprint density at radius 1 is 1.27 bits per heavy atom. The molecule has 0 atom stereocenters. The maximum Gasteiger partial charge on any atom is 0.230 e. The zero-order chi connectivity index (χ0) is 10.5. The summed E-state index contributed by atoms with van der Waals surface area (Å²) in [5, 5.41) is 3.56. The second kappa shape index (κ2) is 4.84. The van der Waals surface area contributed by atoms with Crippen molar-refractivity contribution in [3.8, 4) is 0 Å². The zero-order valence-corrected chi connectivity index (χ0v) is 8.54. The number of hydrogen-bond acceptors (Lipinski definition) is 4. The summed E-state index contributed by atoms with van der Waals surface area (Å²) in [5.41, 5.74) is 0. The largest absolute Gasteiger partial charge is 0.277 e. The molecule has 1 aromatic rings. The fraction of sp³-hybridized carbons (Fsp3) is 0.500. The van der Waals surface area contributed by atoms with Gasteiger partial charge in [0.1, 0.15) is 0 Å². The molecule has 15 heavy (non-hydrogen) atoms. The lowest BCUT2D eigenvalue weighted by Gasteiger charge is -2.33. The number of nitrogens with zero attached hydrogens (tertiary/aromatic N) is 4. The number of aromatic nitrogens is 2. The first-order valence-electron chi connectivity index (χ1n) is 5.17. The summed E-state index contributed by atoms with van der Waals surface area (Å²) in [6.45, 7) is 1.82. The lowest BCUT2D eigenvalue weighted by atomic mass is 10.2. The van der Waals surface area contributed by atoms with Crippen molar-refractivity contribution in [1.82, 2.24) is 15.0 Å². The molecule has 0 unspecified atom stereocenters. The summed E-state index contributed by atoms with van der Waals surface area (Å²) in [7, 11) is 0. The lowest BCUT2D eigenvalue weighted by Crippen LogP contribution is -2.45. The van der Waals surface area contributed by atoms with E-state index in [0.717, 1.165) is 32.3 Å². The molecule has 2 heterocycles. The van der Waals surface area contributed by atoms with Gasteiger partial charge in [0.05, 0.1) is 6.20 Å². The van der Waals surface area contributed by atoms with Crippen molar-refractivity contribution in [3.05, 3.63) is 18.6 Å². The molecule has 0 aliphatic carbocycles. The Kier molecular flexibility index (Phi) is 3.24. The predicted molar refractivity (Wildman–Crippen MR) is 56.0 cm³/mol. The lowest BCUT2D eigenvalue weighted by molar-refractivity contribution is -0.110. The summed E-state index contributed by atoms with van der Waals surface area (Å²) >= 11 is 0. The van der Waals surface area contributed by atoms with E-state index >= 15 is 0 Å². The van der Waals surface area contributed by atoms with Crippen LogP contribution in [0.25, 0.3) is 0 Å². The van der Waals surface area contributed by atoms with Crippen LogP contribution < -0.4 is 5.01 Å². The highest BCUT2D eigenvalue weighted by Gasteiger charge is 2.18. The highest BCUT2D eigenvalue weighted by Crippen LogP contribution is 2.15. The van der Waals surface area contributed by atoms with Gasteiger partial charge in [-0.15, -0.1) is 0 Å². The molecule has 0 saturated carbocycles. The van der Waals surface area contributed by atoms with Gasteiger partial charge in [-0.3, -0.25) is 9.78 Å². The summed E-state index contributed by atoms with van der Waals surface area (Å²) in [6.07, 6.45) is 9.09. The van der Waals surface area contributed by atoms with Crippen LogP contribution in [0.15, 0.2) is 18.6 Å². The van der Waals surface area contributed by atoms with Crippen LogP contribution in [0.5, 0.6) is 0 Å². The molecule has 5 heteroatoms. The van der Waals surface area contributed by atoms with E-state index in [9.17, 15) is 4.79 Å². The van der Waals surface area contributed by atoms with Crippen LogP contribution in [0.3, 0.4) is 0 Å². The Hall–Kier alpha value is -1.49. The van der Waals surface area contributed by atoms with Gasteiger partial charge in [-0.2, -0.15) is 0 Å². The fourth-order valence-electron chi connectivity index (χ4n) is 1.77. The van der Waals surface area contributed by atoms with Gasteiger partial charge in [-0.1, -0.05) is 6.42 Å². The van der Waals surface area contributed by atoms with Crippen LogP contribution in [0.1, 0.15) is 19.3 Å². The number of piperidine rings is 1. The number of anilines is 1. The van der Waals surface area contributed by atoms with Crippen molar-refractivity contribution in [1.29, 1.82) is 0 Å². The Morgan fingerprint density at radius 2 is 2.07 bits per heavy atom. The molecule has 5 nitrogen and oxygen atoms in total. The molecule has 2 rings (SSSR count). The Morgan fingerprint density at radius 3 is 2.67 bits per heavy atom. The first kappa shape index (κ1) is 10.0. The molecule has 0 N–H and O–H groups in total. The summed E-state index contributed by atoms with van der Waals surface area (Å²) in [4.78, 5) is 19.1. The topological polar surface area (TPSA) is 49.3 Å². The number of rotatable bonds is 3. The van der Waals surface area contributed by atoms with Crippen molar-refractivity contribution >= 4 is 12.2 Å². The number of carbonyl (C=O) groups is 1. The van der Waals surface area contributed by atoms with Crippen molar-refractivity contribution in [2.45, 2.75) is 19.3 Å². The Balaban J connectivity index is 2.12. The average molecular weight is 206 g/mol. The van der Waals surface area contributed by atoms with E-state index < -0.39 is 0 Å². The van der Waals surface area contributed by atoms with Crippen LogP contribution in [0.4, 0.5) is 5.82 Å². The van der Waals surface area contributed by atoms with E-state index in [1.54, 1.807) is 23.6 Å². The Bertz CT molecular complexity index is 310. The van der Waals surface area contributed by atoms with Gasteiger partial charge in [0.15, 0.2) is 5.82 Å². The van der Waals surface area contributed by atoms with E-state index in [1.807, 2.05) is 5.01 Å². The van der Waals surface area contributed by atoms with Crippen molar-refractivity contribution in [3.63, 3.8) is 0 Å². The van der Waals surface area contributed by atoms with Gasteiger partial charge in [0.2, 0.25) is 6.41 Å². The van der Waals surface area contributed by atoms with Crippen molar-refractivity contribution < 1.29 is 4.79 Å². The molecular formula is C10H14N4O. The highest BCUT2D eigenvalue weighted by atomic mass is 16.1. The first-order valence-corrected chi connectivity index (χ1v) is 5.17. The van der Waals surface area contributed by atoms with Crippen LogP contribution >= 0.6 is 0 Å². The minimum absolute atomic E-state index is 0.592. The van der Waals surface area contributed by atoms with Gasteiger partial charge < -0.3 is 0 Å².